The number of rotatable bonds is 9. The number of benzene rings is 4. The Morgan fingerprint density at radius 2 is 0.719 bits per heavy atom. The highest BCUT2D eigenvalue weighted by molar-refractivity contribution is 5.37. The third-order valence-electron chi connectivity index (χ3n) is 6.68. The molecule has 2 N–H and O–H groups in total. The lowest BCUT2D eigenvalue weighted by molar-refractivity contribution is 0.151. The highest BCUT2D eigenvalue weighted by atomic mass is 15.1. The van der Waals surface area contributed by atoms with E-state index in [9.17, 15) is 0 Å². The van der Waals surface area contributed by atoms with E-state index in [4.69, 9.17) is 0 Å². The fourth-order valence-electron chi connectivity index (χ4n) is 4.43. The smallest absolute Gasteiger partial charge is 0.0632 e. The fraction of sp³-hybridized carbons (Fsp3) is 0.200. The molecule has 0 aliphatic carbocycles. The van der Waals surface area contributed by atoms with Crippen molar-refractivity contribution in [3.8, 4) is 0 Å². The third kappa shape index (κ3) is 4.67. The van der Waals surface area contributed by atoms with Crippen LogP contribution in [-0.4, -0.2) is 0 Å². The molecular formula is C30H32N2. The summed E-state index contributed by atoms with van der Waals surface area (Å²) in [6.07, 6.45) is 0. The topological polar surface area (TPSA) is 24.1 Å². The monoisotopic (exact) mass is 420 g/mol. The molecule has 162 valence electrons. The molecule has 0 radical (unpaired) electrons. The SMILES string of the molecule is C[C@](NCc1ccccc1)(c1ccccc1)[C@](C)(NCc1ccccc1)c1ccccc1. The minimum absolute atomic E-state index is 0.375. The van der Waals surface area contributed by atoms with Gasteiger partial charge in [-0.25, -0.2) is 0 Å². The van der Waals surface area contributed by atoms with E-state index in [1.54, 1.807) is 0 Å². The molecule has 0 amide bonds. The van der Waals surface area contributed by atoms with Gasteiger partial charge in [0.05, 0.1) is 11.1 Å². The molecule has 4 rings (SSSR count). The van der Waals surface area contributed by atoms with Gasteiger partial charge in [-0.1, -0.05) is 121 Å². The molecule has 0 saturated heterocycles. The van der Waals surface area contributed by atoms with Gasteiger partial charge in [-0.2, -0.15) is 0 Å². The van der Waals surface area contributed by atoms with Gasteiger partial charge in [0, 0.05) is 13.1 Å². The molecule has 4 aromatic carbocycles. The molecule has 2 heteroatoms. The van der Waals surface area contributed by atoms with Crippen molar-refractivity contribution in [2.75, 3.05) is 0 Å². The summed E-state index contributed by atoms with van der Waals surface area (Å²) in [5.41, 5.74) is 4.30. The quantitative estimate of drug-likeness (QED) is 0.327. The summed E-state index contributed by atoms with van der Waals surface area (Å²) in [5.74, 6) is 0. The second kappa shape index (κ2) is 9.95. The van der Waals surface area contributed by atoms with Gasteiger partial charge in [0.15, 0.2) is 0 Å². The Hall–Kier alpha value is -3.20. The first kappa shape index (κ1) is 22.0. The van der Waals surface area contributed by atoms with E-state index >= 15 is 0 Å². The molecule has 2 nitrogen and oxygen atoms in total. The molecule has 0 fully saturated rings. The van der Waals surface area contributed by atoms with Crippen molar-refractivity contribution in [1.82, 2.24) is 10.6 Å². The molecule has 0 aromatic heterocycles. The highest BCUT2D eigenvalue weighted by Gasteiger charge is 2.46. The predicted octanol–water partition coefficient (Wildman–Crippen LogP) is 6.40. The summed E-state index contributed by atoms with van der Waals surface area (Å²) in [6, 6.07) is 42.8. The van der Waals surface area contributed by atoms with Crippen LogP contribution in [-0.2, 0) is 24.2 Å². The Kier molecular flexibility index (Phi) is 6.84. The van der Waals surface area contributed by atoms with Gasteiger partial charge < -0.3 is 10.6 Å². The van der Waals surface area contributed by atoms with Crippen LogP contribution in [0.2, 0.25) is 0 Å². The van der Waals surface area contributed by atoms with E-state index < -0.39 is 0 Å². The van der Waals surface area contributed by atoms with Crippen molar-refractivity contribution < 1.29 is 0 Å². The average Bonchev–Trinajstić information content (AvgIpc) is 2.88. The Morgan fingerprint density at radius 1 is 0.438 bits per heavy atom. The molecule has 4 aromatic rings. The Morgan fingerprint density at radius 3 is 1.03 bits per heavy atom. The summed E-state index contributed by atoms with van der Waals surface area (Å²) in [5, 5.41) is 7.88. The van der Waals surface area contributed by atoms with Gasteiger partial charge in [-0.05, 0) is 36.1 Å². The van der Waals surface area contributed by atoms with Crippen LogP contribution in [0.1, 0.15) is 36.1 Å². The lowest BCUT2D eigenvalue weighted by Crippen LogP contribution is -2.61. The number of nitrogens with one attached hydrogen (secondary N) is 2. The van der Waals surface area contributed by atoms with Crippen molar-refractivity contribution >= 4 is 0 Å². The van der Waals surface area contributed by atoms with Crippen molar-refractivity contribution in [1.29, 1.82) is 0 Å². The minimum Gasteiger partial charge on any atom is -0.302 e. The van der Waals surface area contributed by atoms with Crippen molar-refractivity contribution in [3.63, 3.8) is 0 Å². The summed E-state index contributed by atoms with van der Waals surface area (Å²) in [4.78, 5) is 0. The Bertz CT molecular complexity index is 990. The lowest BCUT2D eigenvalue weighted by atomic mass is 9.70. The first-order valence-corrected chi connectivity index (χ1v) is 11.3. The molecule has 0 unspecified atom stereocenters. The third-order valence-corrected chi connectivity index (χ3v) is 6.68. The van der Waals surface area contributed by atoms with E-state index in [0.29, 0.717) is 0 Å². The predicted molar refractivity (Wildman–Crippen MR) is 134 cm³/mol. The highest BCUT2D eigenvalue weighted by Crippen LogP contribution is 2.41. The molecule has 0 aliphatic heterocycles. The van der Waals surface area contributed by atoms with Crippen LogP contribution in [0, 0.1) is 0 Å². The van der Waals surface area contributed by atoms with Gasteiger partial charge in [0.2, 0.25) is 0 Å². The molecule has 0 heterocycles. The Labute approximate surface area is 192 Å². The molecule has 0 spiro atoms. The zero-order valence-electron chi connectivity index (χ0n) is 19.0. The fourth-order valence-corrected chi connectivity index (χ4v) is 4.43. The molecular weight excluding hydrogens is 388 g/mol. The molecule has 0 aliphatic rings. The van der Waals surface area contributed by atoms with Crippen LogP contribution in [0.25, 0.3) is 0 Å². The standard InChI is InChI=1S/C30H32N2/c1-29(27-19-11-5-12-20-27,31-23-25-15-7-3-8-16-25)30(2,28-21-13-6-14-22-28)32-24-26-17-9-4-10-18-26/h3-22,31-32H,23-24H2,1-2H3/t29-,30+. The zero-order valence-corrected chi connectivity index (χ0v) is 19.0. The van der Waals surface area contributed by atoms with E-state index in [0.717, 1.165) is 13.1 Å². The number of hydrogen-bond acceptors (Lipinski definition) is 2. The van der Waals surface area contributed by atoms with Gasteiger partial charge in [0.1, 0.15) is 0 Å². The number of hydrogen-bond donors (Lipinski definition) is 2. The summed E-state index contributed by atoms with van der Waals surface area (Å²) < 4.78 is 0. The summed E-state index contributed by atoms with van der Waals surface area (Å²) >= 11 is 0. The first-order chi connectivity index (χ1) is 15.6. The maximum absolute atomic E-state index is 3.94. The van der Waals surface area contributed by atoms with Gasteiger partial charge in [-0.3, -0.25) is 0 Å². The van der Waals surface area contributed by atoms with Crippen LogP contribution in [0.3, 0.4) is 0 Å². The minimum atomic E-state index is -0.375. The van der Waals surface area contributed by atoms with Crippen LogP contribution in [0.15, 0.2) is 121 Å². The summed E-state index contributed by atoms with van der Waals surface area (Å²) in [7, 11) is 0. The van der Waals surface area contributed by atoms with E-state index in [2.05, 4.69) is 146 Å². The van der Waals surface area contributed by atoms with Gasteiger partial charge in [0.25, 0.3) is 0 Å². The molecule has 32 heavy (non-hydrogen) atoms. The van der Waals surface area contributed by atoms with Crippen LogP contribution in [0.5, 0.6) is 0 Å². The second-order valence-corrected chi connectivity index (χ2v) is 8.66. The first-order valence-electron chi connectivity index (χ1n) is 11.3. The van der Waals surface area contributed by atoms with Crippen LogP contribution in [0.4, 0.5) is 0 Å². The largest absolute Gasteiger partial charge is 0.302 e. The van der Waals surface area contributed by atoms with Crippen molar-refractivity contribution in [2.45, 2.75) is 38.0 Å². The zero-order chi connectivity index (χ0) is 22.3. The van der Waals surface area contributed by atoms with Gasteiger partial charge in [-0.15, -0.1) is 0 Å². The van der Waals surface area contributed by atoms with E-state index in [-0.39, 0.29) is 11.1 Å². The molecule has 2 atom stereocenters. The molecule has 0 saturated carbocycles. The maximum Gasteiger partial charge on any atom is 0.0632 e. The maximum atomic E-state index is 3.94. The van der Waals surface area contributed by atoms with E-state index in [1.807, 2.05) is 0 Å². The van der Waals surface area contributed by atoms with Crippen molar-refractivity contribution in [2.24, 2.45) is 0 Å². The average molecular weight is 421 g/mol. The van der Waals surface area contributed by atoms with Crippen LogP contribution >= 0.6 is 0 Å². The Balaban J connectivity index is 1.76. The van der Waals surface area contributed by atoms with Crippen LogP contribution < -0.4 is 10.6 Å². The lowest BCUT2D eigenvalue weighted by Gasteiger charge is -2.49. The van der Waals surface area contributed by atoms with Crippen molar-refractivity contribution in [3.05, 3.63) is 144 Å². The normalized spacial score (nSPS) is 14.9. The van der Waals surface area contributed by atoms with E-state index in [1.165, 1.54) is 22.3 Å². The molecule has 0 bridgehead atoms. The summed E-state index contributed by atoms with van der Waals surface area (Å²) in [6.45, 7) is 6.19. The van der Waals surface area contributed by atoms with Gasteiger partial charge >= 0.3 is 0 Å². The second-order valence-electron chi connectivity index (χ2n) is 8.66.